The molecular weight excluding hydrogens is 384 g/mol. The van der Waals surface area contributed by atoms with Gasteiger partial charge in [0.15, 0.2) is 0 Å². The van der Waals surface area contributed by atoms with Gasteiger partial charge in [-0.2, -0.15) is 0 Å². The van der Waals surface area contributed by atoms with Gasteiger partial charge < -0.3 is 19.6 Å². The summed E-state index contributed by atoms with van der Waals surface area (Å²) in [5.41, 5.74) is 4.17. The Hall–Kier alpha value is -3.32. The predicted octanol–water partition coefficient (Wildman–Crippen LogP) is 4.65. The van der Waals surface area contributed by atoms with Crippen LogP contribution in [0.5, 0.6) is 5.75 Å². The molecule has 0 saturated heterocycles. The number of aromatic nitrogens is 1. The Bertz CT molecular complexity index is 1090. The first kappa shape index (κ1) is 19.0. The van der Waals surface area contributed by atoms with Gasteiger partial charge in [-0.3, -0.25) is 5.41 Å². The number of anilines is 2. The van der Waals surface area contributed by atoms with Crippen molar-refractivity contribution in [2.75, 3.05) is 37.5 Å². The van der Waals surface area contributed by atoms with Gasteiger partial charge in [0, 0.05) is 36.4 Å². The fourth-order valence-electron chi connectivity index (χ4n) is 3.26. The summed E-state index contributed by atoms with van der Waals surface area (Å²) in [7, 11) is 5.61. The van der Waals surface area contributed by atoms with E-state index in [9.17, 15) is 5.11 Å². The average Bonchev–Trinajstić information content (AvgIpc) is 3.32. The van der Waals surface area contributed by atoms with Crippen LogP contribution in [0.25, 0.3) is 16.8 Å². The van der Waals surface area contributed by atoms with Gasteiger partial charge in [0.1, 0.15) is 22.4 Å². The van der Waals surface area contributed by atoms with Crippen LogP contribution >= 0.6 is 11.3 Å². The van der Waals surface area contributed by atoms with Gasteiger partial charge in [0.25, 0.3) is 0 Å². The molecule has 0 spiro atoms. The van der Waals surface area contributed by atoms with Gasteiger partial charge >= 0.3 is 0 Å². The maximum atomic E-state index is 10.6. The van der Waals surface area contributed by atoms with Crippen molar-refractivity contribution in [1.29, 1.82) is 5.41 Å². The highest BCUT2D eigenvalue weighted by molar-refractivity contribution is 7.11. The number of rotatable bonds is 5. The summed E-state index contributed by atoms with van der Waals surface area (Å²) in [6, 6.07) is 15.6. The summed E-state index contributed by atoms with van der Waals surface area (Å²) in [4.78, 5) is 8.49. The number of benzene rings is 2. The molecule has 1 aliphatic rings. The van der Waals surface area contributed by atoms with E-state index in [0.717, 1.165) is 28.4 Å². The molecule has 1 aliphatic heterocycles. The zero-order valence-electron chi connectivity index (χ0n) is 16.5. The highest BCUT2D eigenvalue weighted by Gasteiger charge is 2.31. The fourth-order valence-corrected chi connectivity index (χ4v) is 4.15. The fraction of sp³-hybridized carbons (Fsp3) is 0.182. The molecule has 6 nitrogen and oxygen atoms in total. The third kappa shape index (κ3) is 3.56. The number of hydrogen-bond donors (Lipinski definition) is 2. The van der Waals surface area contributed by atoms with Gasteiger partial charge in [-0.05, 0) is 36.4 Å². The van der Waals surface area contributed by atoms with Gasteiger partial charge in [-0.25, -0.2) is 4.98 Å². The zero-order valence-corrected chi connectivity index (χ0v) is 17.3. The normalized spacial score (nSPS) is 13.9. The van der Waals surface area contributed by atoms with Crippen molar-refractivity contribution in [3.8, 4) is 17.0 Å². The molecule has 4 rings (SSSR count). The van der Waals surface area contributed by atoms with E-state index in [1.165, 1.54) is 11.3 Å². The molecule has 0 aliphatic carbocycles. The number of nitrogens with one attached hydrogen (secondary N) is 1. The van der Waals surface area contributed by atoms with Crippen molar-refractivity contribution < 1.29 is 9.84 Å². The Morgan fingerprint density at radius 2 is 1.93 bits per heavy atom. The SMILES string of the molecule is COc1cccc(-c2csc(C3=C(O)CN(c4ccc(N(C)C)cc4)C3=N)n2)c1. The molecule has 148 valence electrons. The lowest BCUT2D eigenvalue weighted by atomic mass is 10.1. The maximum Gasteiger partial charge on any atom is 0.139 e. The molecule has 0 bridgehead atoms. The topological polar surface area (TPSA) is 72.7 Å². The molecule has 2 aromatic carbocycles. The van der Waals surface area contributed by atoms with Crippen LogP contribution in [0.1, 0.15) is 5.01 Å². The van der Waals surface area contributed by atoms with Crippen LogP contribution in [0.3, 0.4) is 0 Å². The molecular formula is C22H22N4O2S. The number of thiazole rings is 1. The molecule has 2 heterocycles. The maximum absolute atomic E-state index is 10.6. The highest BCUT2D eigenvalue weighted by atomic mass is 32.1. The molecule has 0 radical (unpaired) electrons. The van der Waals surface area contributed by atoms with Crippen LogP contribution in [0.2, 0.25) is 0 Å². The first-order valence-corrected chi connectivity index (χ1v) is 10.0. The average molecular weight is 407 g/mol. The lowest BCUT2D eigenvalue weighted by Gasteiger charge is -2.20. The number of ether oxygens (including phenoxy) is 1. The molecule has 29 heavy (non-hydrogen) atoms. The standard InChI is InChI=1S/C22H22N4O2S/c1-25(2)15-7-9-16(10-8-15)26-12-19(27)20(21(26)23)22-24-18(13-29-22)14-5-4-6-17(11-14)28-3/h4-11,13,23,27H,12H2,1-3H3. The minimum Gasteiger partial charge on any atom is -0.510 e. The third-order valence-electron chi connectivity index (χ3n) is 4.86. The van der Waals surface area contributed by atoms with E-state index in [-0.39, 0.29) is 18.1 Å². The van der Waals surface area contributed by atoms with E-state index in [1.54, 1.807) is 12.0 Å². The Labute approximate surface area is 173 Å². The van der Waals surface area contributed by atoms with E-state index >= 15 is 0 Å². The lowest BCUT2D eigenvalue weighted by Crippen LogP contribution is -2.26. The zero-order chi connectivity index (χ0) is 20.5. The van der Waals surface area contributed by atoms with E-state index in [2.05, 4.69) is 4.98 Å². The van der Waals surface area contributed by atoms with Crippen LogP contribution in [0.15, 0.2) is 59.7 Å². The van der Waals surface area contributed by atoms with Crippen molar-refractivity contribution in [2.24, 2.45) is 0 Å². The van der Waals surface area contributed by atoms with Crippen molar-refractivity contribution >= 4 is 34.1 Å². The van der Waals surface area contributed by atoms with E-state index in [1.807, 2.05) is 72.9 Å². The van der Waals surface area contributed by atoms with Gasteiger partial charge in [0.05, 0.1) is 24.9 Å². The summed E-state index contributed by atoms with van der Waals surface area (Å²) >= 11 is 1.42. The van der Waals surface area contributed by atoms with Crippen LogP contribution in [0, 0.1) is 5.41 Å². The number of amidine groups is 1. The lowest BCUT2D eigenvalue weighted by molar-refractivity contribution is 0.411. The summed E-state index contributed by atoms with van der Waals surface area (Å²) in [5, 5.41) is 21.8. The molecule has 0 unspecified atom stereocenters. The van der Waals surface area contributed by atoms with Crippen LogP contribution in [0.4, 0.5) is 11.4 Å². The minimum atomic E-state index is 0.165. The molecule has 3 aromatic rings. The first-order valence-electron chi connectivity index (χ1n) is 9.14. The minimum absolute atomic E-state index is 0.165. The first-order chi connectivity index (χ1) is 14.0. The number of aliphatic hydroxyl groups is 1. The van der Waals surface area contributed by atoms with Crippen molar-refractivity contribution in [3.05, 3.63) is 64.7 Å². The van der Waals surface area contributed by atoms with E-state index in [4.69, 9.17) is 10.1 Å². The summed E-state index contributed by atoms with van der Waals surface area (Å²) in [6.45, 7) is 0.267. The van der Waals surface area contributed by atoms with Crippen molar-refractivity contribution in [1.82, 2.24) is 4.98 Å². The number of nitrogens with zero attached hydrogens (tertiary/aromatic N) is 3. The Balaban J connectivity index is 1.60. The second-order valence-electron chi connectivity index (χ2n) is 6.94. The smallest absolute Gasteiger partial charge is 0.139 e. The number of aliphatic hydroxyl groups excluding tert-OH is 1. The Morgan fingerprint density at radius 3 is 2.62 bits per heavy atom. The summed E-state index contributed by atoms with van der Waals surface area (Å²) in [5.74, 6) is 1.19. The Kier molecular flexibility index (Phi) is 4.98. The number of hydrogen-bond acceptors (Lipinski definition) is 6. The third-order valence-corrected chi connectivity index (χ3v) is 5.72. The highest BCUT2D eigenvalue weighted by Crippen LogP contribution is 2.35. The quantitative estimate of drug-likeness (QED) is 0.645. The molecule has 0 saturated carbocycles. The molecule has 0 amide bonds. The molecule has 7 heteroatoms. The van der Waals surface area contributed by atoms with E-state index in [0.29, 0.717) is 10.6 Å². The molecule has 0 atom stereocenters. The molecule has 1 aromatic heterocycles. The van der Waals surface area contributed by atoms with Gasteiger partial charge in [0.2, 0.25) is 0 Å². The molecule has 0 fully saturated rings. The van der Waals surface area contributed by atoms with Crippen molar-refractivity contribution in [2.45, 2.75) is 0 Å². The predicted molar refractivity (Wildman–Crippen MR) is 119 cm³/mol. The molecule has 2 N–H and O–H groups in total. The largest absolute Gasteiger partial charge is 0.510 e. The summed E-state index contributed by atoms with van der Waals surface area (Å²) in [6.07, 6.45) is 0. The second-order valence-corrected chi connectivity index (χ2v) is 7.80. The van der Waals surface area contributed by atoms with Gasteiger partial charge in [-0.1, -0.05) is 12.1 Å². The number of methoxy groups -OCH3 is 1. The monoisotopic (exact) mass is 406 g/mol. The summed E-state index contributed by atoms with van der Waals surface area (Å²) < 4.78 is 5.29. The van der Waals surface area contributed by atoms with Crippen LogP contribution < -0.4 is 14.5 Å². The van der Waals surface area contributed by atoms with E-state index < -0.39 is 0 Å². The van der Waals surface area contributed by atoms with Crippen molar-refractivity contribution in [3.63, 3.8) is 0 Å². The van der Waals surface area contributed by atoms with Gasteiger partial charge in [-0.15, -0.1) is 11.3 Å². The Morgan fingerprint density at radius 1 is 1.17 bits per heavy atom. The van der Waals surface area contributed by atoms with Crippen LogP contribution in [-0.2, 0) is 0 Å². The second kappa shape index (κ2) is 7.60. The van der Waals surface area contributed by atoms with Crippen LogP contribution in [-0.4, -0.2) is 43.7 Å².